The van der Waals surface area contributed by atoms with Crippen molar-refractivity contribution in [3.8, 4) is 0 Å². The number of amides is 4. The minimum Gasteiger partial charge on any atom is -0.481 e. The van der Waals surface area contributed by atoms with E-state index in [4.69, 9.17) is 9.84 Å². The minimum absolute atomic E-state index is 0.0167. The molecule has 0 saturated carbocycles. The molecule has 236 valence electrons. The first-order valence-corrected chi connectivity index (χ1v) is 13.8. The van der Waals surface area contributed by atoms with Crippen LogP contribution in [0.1, 0.15) is 49.3 Å². The van der Waals surface area contributed by atoms with E-state index in [1.807, 2.05) is 0 Å². The van der Waals surface area contributed by atoms with E-state index in [9.17, 15) is 41.5 Å². The van der Waals surface area contributed by atoms with E-state index in [2.05, 4.69) is 16.0 Å². The number of benzene rings is 2. The number of carbonyl (C=O) groups excluding carboxylic acids is 4. The predicted molar refractivity (Wildman–Crippen MR) is 146 cm³/mol. The molecule has 4 rings (SSSR count). The number of halogens is 4. The third-order valence-corrected chi connectivity index (χ3v) is 7.42. The molecule has 4 amide bonds. The number of urea groups is 1. The highest BCUT2D eigenvalue weighted by Gasteiger charge is 2.61. The predicted octanol–water partition coefficient (Wildman–Crippen LogP) is 4.00. The Kier molecular flexibility index (Phi) is 9.56. The molecule has 0 radical (unpaired) electrons. The molecule has 3 atom stereocenters. The second-order valence-corrected chi connectivity index (χ2v) is 10.6. The smallest absolute Gasteiger partial charge is 0.419 e. The number of rotatable bonds is 12. The summed E-state index contributed by atoms with van der Waals surface area (Å²) >= 11 is 0. The summed E-state index contributed by atoms with van der Waals surface area (Å²) in [6.45, 7) is 0.987. The SMILES string of the molecule is C[C@H](NC(C(=O)Cc1ccc(F)cc1)N1C(=O)O[C@@]2(CCc3cc(NC(=O)NCCCCC(=O)O)ccc32)C1=O)C(F)(F)F. The largest absolute Gasteiger partial charge is 0.481 e. The van der Waals surface area contributed by atoms with E-state index in [0.29, 0.717) is 29.0 Å². The lowest BCUT2D eigenvalue weighted by atomic mass is 9.94. The number of Topliss-reactive ketones (excluding diaryl/α,β-unsaturated/α-hetero) is 1. The second-order valence-electron chi connectivity index (χ2n) is 10.6. The molecule has 1 saturated heterocycles. The lowest BCUT2D eigenvalue weighted by Gasteiger charge is -2.29. The number of carboxylic acid groups (broad SMARTS) is 1. The fourth-order valence-electron chi connectivity index (χ4n) is 5.11. The normalized spacial score (nSPS) is 19.0. The van der Waals surface area contributed by atoms with E-state index in [0.717, 1.165) is 19.1 Å². The Hall–Kier alpha value is -4.53. The number of nitrogens with zero attached hydrogens (tertiary/aromatic N) is 1. The molecule has 2 aromatic rings. The molecule has 15 heteroatoms. The fraction of sp³-hybridized carbons (Fsp3) is 0.414. The highest BCUT2D eigenvalue weighted by molar-refractivity contribution is 6.07. The highest BCUT2D eigenvalue weighted by atomic mass is 19.4. The molecule has 1 heterocycles. The molecule has 0 aromatic heterocycles. The molecule has 1 fully saturated rings. The zero-order chi connectivity index (χ0) is 32.2. The standard InChI is InChI=1S/C29H30F4N4O7/c1-16(29(31,32)33)35-24(22(38)14-17-5-7-19(30)8-6-17)37-25(41)28(44-27(37)43)12-11-18-15-20(9-10-21(18)28)36-26(42)34-13-3-2-4-23(39)40/h5-10,15-16,24,35H,2-4,11-14H2,1H3,(H,39,40)(H2,34,36,42)/t16-,24?,28+/m0/s1. The number of fused-ring (bicyclic) bond motifs is 2. The molecule has 2 aliphatic rings. The number of ether oxygens (including phenoxy) is 1. The number of unbranched alkanes of at least 4 members (excludes halogenated alkanes) is 1. The number of aryl methyl sites for hydroxylation is 1. The van der Waals surface area contributed by atoms with Crippen LogP contribution in [0.4, 0.5) is 32.8 Å². The van der Waals surface area contributed by atoms with Crippen LogP contribution in [0, 0.1) is 5.82 Å². The highest BCUT2D eigenvalue weighted by Crippen LogP contribution is 2.46. The molecule has 4 N–H and O–H groups in total. The molecule has 2 aromatic carbocycles. The quantitative estimate of drug-likeness (QED) is 0.205. The van der Waals surface area contributed by atoms with Crippen LogP contribution in [-0.2, 0) is 37.6 Å². The Balaban J connectivity index is 1.52. The number of nitrogens with one attached hydrogen (secondary N) is 3. The number of carbonyl (C=O) groups is 5. The van der Waals surface area contributed by atoms with Crippen molar-refractivity contribution in [3.05, 3.63) is 65.0 Å². The van der Waals surface area contributed by atoms with Crippen LogP contribution in [-0.4, -0.2) is 64.7 Å². The van der Waals surface area contributed by atoms with Crippen LogP contribution >= 0.6 is 0 Å². The summed E-state index contributed by atoms with van der Waals surface area (Å²) < 4.78 is 59.3. The van der Waals surface area contributed by atoms with Crippen molar-refractivity contribution < 1.29 is 51.4 Å². The number of aliphatic carboxylic acids is 1. The Morgan fingerprint density at radius 3 is 2.45 bits per heavy atom. The number of imide groups is 1. The van der Waals surface area contributed by atoms with Gasteiger partial charge in [-0.25, -0.2) is 18.9 Å². The average Bonchev–Trinajstić information content (AvgIpc) is 3.43. The van der Waals surface area contributed by atoms with Crippen molar-refractivity contribution in [1.29, 1.82) is 0 Å². The van der Waals surface area contributed by atoms with E-state index in [1.165, 1.54) is 24.3 Å². The van der Waals surface area contributed by atoms with Crippen LogP contribution < -0.4 is 16.0 Å². The van der Waals surface area contributed by atoms with Crippen LogP contribution in [0.2, 0.25) is 0 Å². The van der Waals surface area contributed by atoms with E-state index in [-0.39, 0.29) is 36.9 Å². The fourth-order valence-corrected chi connectivity index (χ4v) is 5.11. The van der Waals surface area contributed by atoms with Gasteiger partial charge < -0.3 is 20.5 Å². The monoisotopic (exact) mass is 622 g/mol. The van der Waals surface area contributed by atoms with Gasteiger partial charge in [0.1, 0.15) is 11.9 Å². The van der Waals surface area contributed by atoms with Gasteiger partial charge in [-0.2, -0.15) is 13.2 Å². The van der Waals surface area contributed by atoms with Gasteiger partial charge in [0, 0.05) is 37.1 Å². The number of hydrogen-bond acceptors (Lipinski definition) is 7. The topological polar surface area (TPSA) is 154 Å². The van der Waals surface area contributed by atoms with Gasteiger partial charge in [0.25, 0.3) is 5.91 Å². The van der Waals surface area contributed by atoms with Crippen molar-refractivity contribution in [2.45, 2.75) is 69.4 Å². The van der Waals surface area contributed by atoms with Crippen molar-refractivity contribution in [2.75, 3.05) is 11.9 Å². The average molecular weight is 623 g/mol. The molecule has 1 unspecified atom stereocenters. The molecule has 1 aliphatic heterocycles. The number of hydrogen-bond donors (Lipinski definition) is 4. The Bertz CT molecular complexity index is 1450. The first kappa shape index (κ1) is 32.4. The van der Waals surface area contributed by atoms with E-state index < -0.39 is 66.0 Å². The van der Waals surface area contributed by atoms with Crippen molar-refractivity contribution in [3.63, 3.8) is 0 Å². The van der Waals surface area contributed by atoms with Crippen molar-refractivity contribution in [1.82, 2.24) is 15.5 Å². The zero-order valence-corrected chi connectivity index (χ0v) is 23.5. The molecule has 0 bridgehead atoms. The van der Waals surface area contributed by atoms with Gasteiger partial charge in [-0.15, -0.1) is 0 Å². The van der Waals surface area contributed by atoms with Crippen LogP contribution in [0.5, 0.6) is 0 Å². The Morgan fingerprint density at radius 2 is 1.80 bits per heavy atom. The van der Waals surface area contributed by atoms with Gasteiger partial charge in [0.15, 0.2) is 11.9 Å². The summed E-state index contributed by atoms with van der Waals surface area (Å²) in [5.74, 6) is -3.48. The molecule has 1 spiro atoms. The van der Waals surface area contributed by atoms with Gasteiger partial charge in [0.05, 0.1) is 0 Å². The number of anilines is 1. The van der Waals surface area contributed by atoms with E-state index >= 15 is 0 Å². The summed E-state index contributed by atoms with van der Waals surface area (Å²) in [7, 11) is 0. The first-order valence-electron chi connectivity index (χ1n) is 13.8. The molecular weight excluding hydrogens is 592 g/mol. The van der Waals surface area contributed by atoms with Gasteiger partial charge in [-0.1, -0.05) is 18.2 Å². The summed E-state index contributed by atoms with van der Waals surface area (Å²) in [6, 6.07) is 6.32. The second kappa shape index (κ2) is 13.0. The van der Waals surface area contributed by atoms with Crippen LogP contribution in [0.25, 0.3) is 0 Å². The van der Waals surface area contributed by atoms with Gasteiger partial charge in [-0.3, -0.25) is 19.7 Å². The number of ketones is 1. The minimum atomic E-state index is -4.81. The summed E-state index contributed by atoms with van der Waals surface area (Å²) in [4.78, 5) is 63.3. The maximum Gasteiger partial charge on any atom is 0.419 e. The lowest BCUT2D eigenvalue weighted by molar-refractivity contribution is -0.160. The summed E-state index contributed by atoms with van der Waals surface area (Å²) in [5.41, 5.74) is -0.460. The maximum absolute atomic E-state index is 13.8. The number of carboxylic acids is 1. The molecular formula is C29H30F4N4O7. The number of alkyl halides is 3. The van der Waals surface area contributed by atoms with Crippen molar-refractivity contribution >= 4 is 35.5 Å². The third kappa shape index (κ3) is 7.15. The summed E-state index contributed by atoms with van der Waals surface area (Å²) in [6.07, 6.45) is -7.63. The van der Waals surface area contributed by atoms with Crippen LogP contribution in [0.3, 0.4) is 0 Å². The van der Waals surface area contributed by atoms with Gasteiger partial charge >= 0.3 is 24.3 Å². The molecule has 1 aliphatic carbocycles. The first-order chi connectivity index (χ1) is 20.7. The maximum atomic E-state index is 13.8. The van der Waals surface area contributed by atoms with Crippen molar-refractivity contribution in [2.24, 2.45) is 0 Å². The van der Waals surface area contributed by atoms with Crippen LogP contribution in [0.15, 0.2) is 42.5 Å². The summed E-state index contributed by atoms with van der Waals surface area (Å²) in [5, 5.41) is 15.9. The zero-order valence-electron chi connectivity index (χ0n) is 23.5. The third-order valence-electron chi connectivity index (χ3n) is 7.42. The molecule has 44 heavy (non-hydrogen) atoms. The Morgan fingerprint density at radius 1 is 1.09 bits per heavy atom. The van der Waals surface area contributed by atoms with Gasteiger partial charge in [-0.05, 0) is 61.6 Å². The molecule has 11 nitrogen and oxygen atoms in total. The lowest BCUT2D eigenvalue weighted by Crippen LogP contribution is -2.59. The Labute approximate surface area is 248 Å². The van der Waals surface area contributed by atoms with E-state index in [1.54, 1.807) is 6.07 Å². The van der Waals surface area contributed by atoms with Gasteiger partial charge in [0.2, 0.25) is 5.60 Å².